The highest BCUT2D eigenvalue weighted by atomic mass is 35.5. The second-order valence-electron chi connectivity index (χ2n) is 5.53. The number of benzene rings is 1. The first-order valence-corrected chi connectivity index (χ1v) is 7.69. The molecule has 0 aliphatic carbocycles. The smallest absolute Gasteiger partial charge is 0.247 e. The van der Waals surface area contributed by atoms with E-state index in [1.807, 2.05) is 45.0 Å². The predicted molar refractivity (Wildman–Crippen MR) is 83.0 cm³/mol. The normalized spacial score (nSPS) is 21.7. The highest BCUT2D eigenvalue weighted by Gasteiger charge is 2.41. The summed E-state index contributed by atoms with van der Waals surface area (Å²) in [6.45, 7) is 5.82. The molecule has 4 nitrogen and oxygen atoms in total. The number of likely N-dealkylation sites (tertiary alicyclic amines) is 1. The SMILES string of the molecule is CCC(C)N1C(=O)CC(NC(C)c2ccccc2Cl)C1=O. The summed E-state index contributed by atoms with van der Waals surface area (Å²) in [5.41, 5.74) is 0.932. The highest BCUT2D eigenvalue weighted by Crippen LogP contribution is 2.25. The largest absolute Gasteiger partial charge is 0.299 e. The van der Waals surface area contributed by atoms with E-state index in [9.17, 15) is 9.59 Å². The minimum Gasteiger partial charge on any atom is -0.299 e. The lowest BCUT2D eigenvalue weighted by atomic mass is 10.1. The molecule has 2 amide bonds. The molecule has 3 unspecified atom stereocenters. The maximum absolute atomic E-state index is 12.4. The molecule has 5 heteroatoms. The average molecular weight is 309 g/mol. The summed E-state index contributed by atoms with van der Waals surface area (Å²) in [6, 6.07) is 6.93. The summed E-state index contributed by atoms with van der Waals surface area (Å²) in [7, 11) is 0. The van der Waals surface area contributed by atoms with Crippen LogP contribution in [0.25, 0.3) is 0 Å². The standard InChI is InChI=1S/C16H21ClN2O2/c1-4-10(2)19-15(20)9-14(16(19)21)18-11(3)12-7-5-6-8-13(12)17/h5-8,10-11,14,18H,4,9H2,1-3H3. The van der Waals surface area contributed by atoms with Gasteiger partial charge in [0.05, 0.1) is 12.5 Å². The second kappa shape index (κ2) is 6.58. The molecule has 114 valence electrons. The Labute approximate surface area is 130 Å². The zero-order chi connectivity index (χ0) is 15.6. The summed E-state index contributed by atoms with van der Waals surface area (Å²) in [4.78, 5) is 25.8. The van der Waals surface area contributed by atoms with Gasteiger partial charge in [-0.05, 0) is 31.9 Å². The average Bonchev–Trinajstić information content (AvgIpc) is 2.73. The third-order valence-corrected chi connectivity index (χ3v) is 4.38. The minimum atomic E-state index is -0.460. The molecule has 1 aliphatic heterocycles. The van der Waals surface area contributed by atoms with Gasteiger partial charge in [-0.25, -0.2) is 0 Å². The topological polar surface area (TPSA) is 49.4 Å². The quantitative estimate of drug-likeness (QED) is 0.851. The van der Waals surface area contributed by atoms with Gasteiger partial charge in [-0.1, -0.05) is 36.7 Å². The van der Waals surface area contributed by atoms with Crippen LogP contribution in [0.1, 0.15) is 45.2 Å². The molecule has 1 aromatic carbocycles. The van der Waals surface area contributed by atoms with Crippen molar-refractivity contribution < 1.29 is 9.59 Å². The Bertz CT molecular complexity index is 547. The van der Waals surface area contributed by atoms with Gasteiger partial charge >= 0.3 is 0 Å². The summed E-state index contributed by atoms with van der Waals surface area (Å²) in [6.07, 6.45) is 0.988. The van der Waals surface area contributed by atoms with Crippen molar-refractivity contribution in [1.82, 2.24) is 10.2 Å². The van der Waals surface area contributed by atoms with E-state index in [0.717, 1.165) is 12.0 Å². The molecule has 0 aromatic heterocycles. The second-order valence-corrected chi connectivity index (χ2v) is 5.93. The number of amides is 2. The number of carbonyl (C=O) groups is 2. The molecule has 0 saturated carbocycles. The Kier molecular flexibility index (Phi) is 5.01. The number of nitrogens with one attached hydrogen (secondary N) is 1. The molecular formula is C16H21ClN2O2. The number of carbonyl (C=O) groups excluding carboxylic acids is 2. The summed E-state index contributed by atoms with van der Waals surface area (Å²) >= 11 is 6.17. The van der Waals surface area contributed by atoms with Crippen molar-refractivity contribution >= 4 is 23.4 Å². The molecule has 2 rings (SSSR count). The van der Waals surface area contributed by atoms with Gasteiger partial charge in [0.25, 0.3) is 0 Å². The molecule has 0 bridgehead atoms. The van der Waals surface area contributed by atoms with E-state index < -0.39 is 6.04 Å². The van der Waals surface area contributed by atoms with Crippen LogP contribution in [0.5, 0.6) is 0 Å². The number of halogens is 1. The van der Waals surface area contributed by atoms with Crippen LogP contribution in [-0.4, -0.2) is 28.8 Å². The van der Waals surface area contributed by atoms with Crippen LogP contribution in [0.3, 0.4) is 0 Å². The third kappa shape index (κ3) is 3.27. The Morgan fingerprint density at radius 3 is 2.62 bits per heavy atom. The van der Waals surface area contributed by atoms with E-state index in [2.05, 4.69) is 5.32 Å². The molecule has 1 aliphatic rings. The summed E-state index contributed by atoms with van der Waals surface area (Å²) in [5, 5.41) is 3.89. The van der Waals surface area contributed by atoms with Gasteiger partial charge in [-0.3, -0.25) is 19.8 Å². The van der Waals surface area contributed by atoms with Crippen LogP contribution in [0.2, 0.25) is 5.02 Å². The van der Waals surface area contributed by atoms with E-state index in [1.54, 1.807) is 0 Å². The Balaban J connectivity index is 2.09. The van der Waals surface area contributed by atoms with Crippen LogP contribution in [-0.2, 0) is 9.59 Å². The van der Waals surface area contributed by atoms with Crippen molar-refractivity contribution in [3.05, 3.63) is 34.9 Å². The Morgan fingerprint density at radius 2 is 2.00 bits per heavy atom. The van der Waals surface area contributed by atoms with Crippen molar-refractivity contribution in [2.45, 2.75) is 51.7 Å². The monoisotopic (exact) mass is 308 g/mol. The maximum atomic E-state index is 12.4. The Morgan fingerprint density at radius 1 is 1.33 bits per heavy atom. The van der Waals surface area contributed by atoms with Crippen molar-refractivity contribution in [2.75, 3.05) is 0 Å². The van der Waals surface area contributed by atoms with Crippen molar-refractivity contribution in [2.24, 2.45) is 0 Å². The zero-order valence-electron chi connectivity index (χ0n) is 12.6. The number of rotatable bonds is 5. The third-order valence-electron chi connectivity index (χ3n) is 4.04. The van der Waals surface area contributed by atoms with Gasteiger partial charge in [-0.15, -0.1) is 0 Å². The predicted octanol–water partition coefficient (Wildman–Crippen LogP) is 2.92. The highest BCUT2D eigenvalue weighted by molar-refractivity contribution is 6.31. The van der Waals surface area contributed by atoms with Crippen molar-refractivity contribution in [1.29, 1.82) is 0 Å². The molecule has 1 aromatic rings. The van der Waals surface area contributed by atoms with E-state index in [4.69, 9.17) is 11.6 Å². The molecule has 21 heavy (non-hydrogen) atoms. The minimum absolute atomic E-state index is 0.0487. The lowest BCUT2D eigenvalue weighted by Crippen LogP contribution is -2.43. The molecule has 1 fully saturated rings. The van der Waals surface area contributed by atoms with Crippen LogP contribution in [0.15, 0.2) is 24.3 Å². The fraction of sp³-hybridized carbons (Fsp3) is 0.500. The fourth-order valence-electron chi connectivity index (χ4n) is 2.64. The van der Waals surface area contributed by atoms with E-state index in [1.165, 1.54) is 4.90 Å². The van der Waals surface area contributed by atoms with Crippen LogP contribution < -0.4 is 5.32 Å². The van der Waals surface area contributed by atoms with Crippen LogP contribution in [0, 0.1) is 0 Å². The fourth-order valence-corrected chi connectivity index (χ4v) is 2.94. The first-order chi connectivity index (χ1) is 9.95. The zero-order valence-corrected chi connectivity index (χ0v) is 13.4. The number of imide groups is 1. The van der Waals surface area contributed by atoms with Gasteiger partial charge in [0.1, 0.15) is 0 Å². The molecule has 1 N–H and O–H groups in total. The summed E-state index contributed by atoms with van der Waals surface area (Å²) < 4.78 is 0. The van der Waals surface area contributed by atoms with E-state index in [0.29, 0.717) is 5.02 Å². The molecule has 0 spiro atoms. The Hall–Kier alpha value is -1.39. The van der Waals surface area contributed by atoms with Gasteiger partial charge < -0.3 is 0 Å². The number of hydrogen-bond donors (Lipinski definition) is 1. The first kappa shape index (κ1) is 16.0. The summed E-state index contributed by atoms with van der Waals surface area (Å²) in [5.74, 6) is -0.230. The molecular weight excluding hydrogens is 288 g/mol. The lowest BCUT2D eigenvalue weighted by Gasteiger charge is -2.23. The first-order valence-electron chi connectivity index (χ1n) is 7.32. The number of hydrogen-bond acceptors (Lipinski definition) is 3. The maximum Gasteiger partial charge on any atom is 0.247 e. The van der Waals surface area contributed by atoms with Gasteiger partial charge in [0.15, 0.2) is 0 Å². The van der Waals surface area contributed by atoms with Crippen molar-refractivity contribution in [3.8, 4) is 0 Å². The van der Waals surface area contributed by atoms with Crippen molar-refractivity contribution in [3.63, 3.8) is 0 Å². The van der Waals surface area contributed by atoms with Crippen LogP contribution in [0.4, 0.5) is 0 Å². The van der Waals surface area contributed by atoms with Gasteiger partial charge in [0, 0.05) is 17.1 Å². The van der Waals surface area contributed by atoms with E-state index in [-0.39, 0.29) is 30.3 Å². The molecule has 1 saturated heterocycles. The molecule has 0 radical (unpaired) electrons. The molecule has 3 atom stereocenters. The van der Waals surface area contributed by atoms with Gasteiger partial charge in [-0.2, -0.15) is 0 Å². The number of nitrogens with zero attached hydrogens (tertiary/aromatic N) is 1. The lowest BCUT2D eigenvalue weighted by molar-refractivity contribution is -0.141. The molecule has 1 heterocycles. The van der Waals surface area contributed by atoms with Crippen LogP contribution >= 0.6 is 11.6 Å². The van der Waals surface area contributed by atoms with E-state index >= 15 is 0 Å². The van der Waals surface area contributed by atoms with Gasteiger partial charge in [0.2, 0.25) is 11.8 Å².